The molecule has 7 nitrogen and oxygen atoms in total. The second-order valence-corrected chi connectivity index (χ2v) is 7.15. The van der Waals surface area contributed by atoms with Gasteiger partial charge in [-0.2, -0.15) is 0 Å². The predicted molar refractivity (Wildman–Crippen MR) is 112 cm³/mol. The van der Waals surface area contributed by atoms with Crippen LogP contribution in [0, 0.1) is 19.8 Å². The van der Waals surface area contributed by atoms with Crippen LogP contribution in [0.25, 0.3) is 0 Å². The SMILES string of the molecule is Cc1cccc(Nc2ccccc2C(=O)OCC(=O)NC(=O)NCC(C)C)c1C. The molecule has 0 unspecified atom stereocenters. The highest BCUT2D eigenvalue weighted by molar-refractivity contribution is 5.99. The quantitative estimate of drug-likeness (QED) is 0.619. The van der Waals surface area contributed by atoms with Crippen LogP contribution in [0.1, 0.15) is 35.3 Å². The van der Waals surface area contributed by atoms with Crippen LogP contribution >= 0.6 is 0 Å². The van der Waals surface area contributed by atoms with Crippen LogP contribution in [0.4, 0.5) is 16.2 Å². The number of imide groups is 1. The number of carbonyl (C=O) groups excluding carboxylic acids is 3. The van der Waals surface area contributed by atoms with E-state index in [0.717, 1.165) is 16.8 Å². The van der Waals surface area contributed by atoms with Crippen molar-refractivity contribution < 1.29 is 19.1 Å². The third-order valence-corrected chi connectivity index (χ3v) is 4.28. The zero-order valence-corrected chi connectivity index (χ0v) is 17.2. The van der Waals surface area contributed by atoms with Gasteiger partial charge in [0.1, 0.15) is 0 Å². The van der Waals surface area contributed by atoms with E-state index in [9.17, 15) is 14.4 Å². The number of amides is 3. The summed E-state index contributed by atoms with van der Waals surface area (Å²) in [5.41, 5.74) is 3.95. The average molecular weight is 397 g/mol. The third-order valence-electron chi connectivity index (χ3n) is 4.28. The topological polar surface area (TPSA) is 96.5 Å². The Bertz CT molecular complexity index is 893. The molecule has 3 amide bonds. The van der Waals surface area contributed by atoms with Crippen molar-refractivity contribution in [1.82, 2.24) is 10.6 Å². The summed E-state index contributed by atoms with van der Waals surface area (Å²) >= 11 is 0. The van der Waals surface area contributed by atoms with Crippen molar-refractivity contribution in [3.63, 3.8) is 0 Å². The highest BCUT2D eigenvalue weighted by atomic mass is 16.5. The molecule has 7 heteroatoms. The maximum Gasteiger partial charge on any atom is 0.340 e. The van der Waals surface area contributed by atoms with E-state index in [4.69, 9.17) is 4.74 Å². The zero-order chi connectivity index (χ0) is 21.4. The van der Waals surface area contributed by atoms with E-state index in [2.05, 4.69) is 16.0 Å². The van der Waals surface area contributed by atoms with E-state index >= 15 is 0 Å². The predicted octanol–water partition coefficient (Wildman–Crippen LogP) is 3.69. The maximum atomic E-state index is 12.5. The molecule has 2 aromatic carbocycles. The number of benzene rings is 2. The summed E-state index contributed by atoms with van der Waals surface area (Å²) in [6.45, 7) is 7.77. The minimum Gasteiger partial charge on any atom is -0.452 e. The van der Waals surface area contributed by atoms with Gasteiger partial charge in [0.2, 0.25) is 0 Å². The van der Waals surface area contributed by atoms with Gasteiger partial charge in [0, 0.05) is 12.2 Å². The summed E-state index contributed by atoms with van der Waals surface area (Å²) in [6, 6.07) is 12.1. The lowest BCUT2D eigenvalue weighted by Crippen LogP contribution is -2.42. The number of ether oxygens (including phenoxy) is 1. The van der Waals surface area contributed by atoms with E-state index < -0.39 is 24.5 Å². The monoisotopic (exact) mass is 397 g/mol. The Morgan fingerprint density at radius 1 is 0.966 bits per heavy atom. The minimum atomic E-state index is -0.695. The van der Waals surface area contributed by atoms with E-state index in [1.807, 2.05) is 45.9 Å². The minimum absolute atomic E-state index is 0.259. The Kier molecular flexibility index (Phi) is 7.77. The summed E-state index contributed by atoms with van der Waals surface area (Å²) in [4.78, 5) is 35.9. The fourth-order valence-electron chi connectivity index (χ4n) is 2.51. The molecule has 0 aliphatic heterocycles. The van der Waals surface area contributed by atoms with Gasteiger partial charge >= 0.3 is 12.0 Å². The first-order chi connectivity index (χ1) is 13.8. The van der Waals surface area contributed by atoms with Crippen molar-refractivity contribution in [1.29, 1.82) is 0 Å². The molecule has 2 aromatic rings. The molecule has 3 N–H and O–H groups in total. The van der Waals surface area contributed by atoms with Crippen molar-refractivity contribution in [2.24, 2.45) is 5.92 Å². The van der Waals surface area contributed by atoms with Crippen LogP contribution in [0.2, 0.25) is 0 Å². The number of anilines is 2. The number of aryl methyl sites for hydroxylation is 1. The van der Waals surface area contributed by atoms with Gasteiger partial charge in [0.05, 0.1) is 11.3 Å². The van der Waals surface area contributed by atoms with Crippen LogP contribution in [0.15, 0.2) is 42.5 Å². The smallest absolute Gasteiger partial charge is 0.340 e. The van der Waals surface area contributed by atoms with Crippen molar-refractivity contribution in [2.45, 2.75) is 27.7 Å². The molecule has 0 radical (unpaired) electrons. The summed E-state index contributed by atoms with van der Waals surface area (Å²) in [5.74, 6) is -1.09. The van der Waals surface area contributed by atoms with Crippen LogP contribution < -0.4 is 16.0 Å². The lowest BCUT2D eigenvalue weighted by Gasteiger charge is -2.14. The first-order valence-corrected chi connectivity index (χ1v) is 9.45. The number of hydrogen-bond acceptors (Lipinski definition) is 5. The summed E-state index contributed by atoms with van der Waals surface area (Å²) in [7, 11) is 0. The van der Waals surface area contributed by atoms with Crippen molar-refractivity contribution in [3.8, 4) is 0 Å². The number of rotatable bonds is 7. The molecule has 0 saturated carbocycles. The highest BCUT2D eigenvalue weighted by Crippen LogP contribution is 2.25. The number of urea groups is 1. The molecule has 154 valence electrons. The molecular formula is C22H27N3O4. The average Bonchev–Trinajstić information content (AvgIpc) is 2.68. The summed E-state index contributed by atoms with van der Waals surface area (Å²) in [6.07, 6.45) is 0. The molecule has 2 rings (SSSR count). The molecule has 0 aromatic heterocycles. The molecule has 0 aliphatic carbocycles. The molecule has 29 heavy (non-hydrogen) atoms. The van der Waals surface area contributed by atoms with Gasteiger partial charge in [-0.15, -0.1) is 0 Å². The van der Waals surface area contributed by atoms with Crippen LogP contribution in [-0.2, 0) is 9.53 Å². The van der Waals surface area contributed by atoms with E-state index in [1.165, 1.54) is 0 Å². The van der Waals surface area contributed by atoms with Gasteiger partial charge in [0.15, 0.2) is 6.61 Å². The van der Waals surface area contributed by atoms with Gasteiger partial charge in [-0.25, -0.2) is 9.59 Å². The first kappa shape index (κ1) is 21.9. The summed E-state index contributed by atoms with van der Waals surface area (Å²) < 4.78 is 5.08. The number of carbonyl (C=O) groups is 3. The highest BCUT2D eigenvalue weighted by Gasteiger charge is 2.16. The van der Waals surface area contributed by atoms with Crippen LogP contribution in [0.3, 0.4) is 0 Å². The molecule has 0 spiro atoms. The normalized spacial score (nSPS) is 10.4. The van der Waals surface area contributed by atoms with Gasteiger partial charge in [0.25, 0.3) is 5.91 Å². The number of hydrogen-bond donors (Lipinski definition) is 3. The second kappa shape index (κ2) is 10.3. The van der Waals surface area contributed by atoms with Gasteiger partial charge in [-0.3, -0.25) is 10.1 Å². The fourth-order valence-corrected chi connectivity index (χ4v) is 2.51. The van der Waals surface area contributed by atoms with Crippen molar-refractivity contribution in [3.05, 3.63) is 59.2 Å². The standard InChI is InChI=1S/C22H27N3O4/c1-14(2)12-23-22(28)25-20(26)13-29-21(27)17-9-5-6-10-19(17)24-18-11-7-8-15(3)16(18)4/h5-11,14,24H,12-13H2,1-4H3,(H2,23,25,26,28). The largest absolute Gasteiger partial charge is 0.452 e. The molecule has 0 saturated heterocycles. The fraction of sp³-hybridized carbons (Fsp3) is 0.318. The Morgan fingerprint density at radius 2 is 1.66 bits per heavy atom. The van der Waals surface area contributed by atoms with Crippen LogP contribution in [-0.4, -0.2) is 31.1 Å². The Hall–Kier alpha value is -3.35. The number of para-hydroxylation sites is 1. The lowest BCUT2D eigenvalue weighted by molar-refractivity contribution is -0.123. The van der Waals surface area contributed by atoms with E-state index in [0.29, 0.717) is 17.8 Å². The Balaban J connectivity index is 1.98. The third kappa shape index (κ3) is 6.64. The van der Waals surface area contributed by atoms with E-state index in [1.54, 1.807) is 24.3 Å². The number of esters is 1. The van der Waals surface area contributed by atoms with Crippen molar-refractivity contribution >= 4 is 29.3 Å². The van der Waals surface area contributed by atoms with Crippen molar-refractivity contribution in [2.75, 3.05) is 18.5 Å². The van der Waals surface area contributed by atoms with Crippen LogP contribution in [0.5, 0.6) is 0 Å². The lowest BCUT2D eigenvalue weighted by atomic mass is 10.1. The van der Waals surface area contributed by atoms with Gasteiger partial charge in [-0.1, -0.05) is 38.1 Å². The number of nitrogens with one attached hydrogen (secondary N) is 3. The second-order valence-electron chi connectivity index (χ2n) is 7.15. The first-order valence-electron chi connectivity index (χ1n) is 9.45. The molecule has 0 bridgehead atoms. The van der Waals surface area contributed by atoms with Gasteiger partial charge in [-0.05, 0) is 49.1 Å². The molecular weight excluding hydrogens is 370 g/mol. The summed E-state index contributed by atoms with van der Waals surface area (Å²) in [5, 5.41) is 7.93. The molecule has 0 fully saturated rings. The Labute approximate surface area is 170 Å². The molecule has 0 aliphatic rings. The molecule has 0 heterocycles. The Morgan fingerprint density at radius 3 is 2.38 bits per heavy atom. The molecule has 0 atom stereocenters. The maximum absolute atomic E-state index is 12.5. The van der Waals surface area contributed by atoms with Gasteiger partial charge < -0.3 is 15.4 Å². The van der Waals surface area contributed by atoms with E-state index in [-0.39, 0.29) is 5.92 Å². The zero-order valence-electron chi connectivity index (χ0n) is 17.2.